The Balaban J connectivity index is 7.02. The third-order valence-corrected chi connectivity index (χ3v) is 6.69. The van der Waals surface area contributed by atoms with E-state index in [-0.39, 0.29) is 38.5 Å². The highest BCUT2D eigenvalue weighted by atomic mass is 16.8. The topological polar surface area (TPSA) is 140 Å². The first-order valence-electron chi connectivity index (χ1n) is 16.6. The van der Waals surface area contributed by atoms with Gasteiger partial charge in [-0.05, 0) is 71.0 Å². The van der Waals surface area contributed by atoms with E-state index in [9.17, 15) is 29.7 Å². The van der Waals surface area contributed by atoms with Crippen molar-refractivity contribution in [3.63, 3.8) is 0 Å². The summed E-state index contributed by atoms with van der Waals surface area (Å²) >= 11 is 0. The standard InChI is InChI=1S/C36H69BO9/c1-28(2,3)19-34(41,20-29(4,5)6)25(38)44-37(45-26(39)35(42,21-30(7,8)9)22-31(10,11)12)46-27(40)36(43,23-32(13,14)15)24-33(16,17)18/h41-43H,19-24H2,1-18H3. The number of hydrogen-bond donors (Lipinski definition) is 3. The zero-order valence-corrected chi connectivity index (χ0v) is 32.6. The molecule has 0 aromatic carbocycles. The molecule has 270 valence electrons. The maximum Gasteiger partial charge on any atom is 0.870 e. The predicted molar refractivity (Wildman–Crippen MR) is 183 cm³/mol. The van der Waals surface area contributed by atoms with Crippen LogP contribution in [0.5, 0.6) is 0 Å². The van der Waals surface area contributed by atoms with Gasteiger partial charge < -0.3 is 29.3 Å². The Morgan fingerprint density at radius 3 is 0.609 bits per heavy atom. The minimum Gasteiger partial charge on any atom is -0.460 e. The van der Waals surface area contributed by atoms with Crippen molar-refractivity contribution in [2.24, 2.45) is 32.5 Å². The lowest BCUT2D eigenvalue weighted by molar-refractivity contribution is -0.179. The summed E-state index contributed by atoms with van der Waals surface area (Å²) in [5.74, 6) is -3.44. The molecule has 0 aliphatic heterocycles. The molecule has 0 aromatic rings. The van der Waals surface area contributed by atoms with Crippen LogP contribution in [0.4, 0.5) is 0 Å². The highest BCUT2D eigenvalue weighted by molar-refractivity contribution is 6.44. The van der Waals surface area contributed by atoms with Crippen LogP contribution in [-0.4, -0.2) is 57.4 Å². The molecule has 0 amide bonds. The molecular formula is C36H69BO9. The van der Waals surface area contributed by atoms with Gasteiger partial charge in [-0.15, -0.1) is 0 Å². The quantitative estimate of drug-likeness (QED) is 0.183. The maximum atomic E-state index is 13.8. The molecule has 0 unspecified atom stereocenters. The van der Waals surface area contributed by atoms with E-state index in [1.807, 2.05) is 125 Å². The Hall–Kier alpha value is -1.65. The van der Waals surface area contributed by atoms with Crippen molar-refractivity contribution in [3.05, 3.63) is 0 Å². The number of aliphatic hydroxyl groups is 3. The lowest BCUT2D eigenvalue weighted by Gasteiger charge is -2.39. The van der Waals surface area contributed by atoms with Crippen LogP contribution in [0.25, 0.3) is 0 Å². The van der Waals surface area contributed by atoms with Crippen LogP contribution >= 0.6 is 0 Å². The van der Waals surface area contributed by atoms with Crippen molar-refractivity contribution < 1.29 is 43.7 Å². The Kier molecular flexibility index (Phi) is 13.9. The van der Waals surface area contributed by atoms with Gasteiger partial charge in [-0.1, -0.05) is 125 Å². The summed E-state index contributed by atoms with van der Waals surface area (Å²) < 4.78 is 16.7. The second-order valence-corrected chi connectivity index (χ2v) is 21.0. The maximum absolute atomic E-state index is 13.8. The summed E-state index contributed by atoms with van der Waals surface area (Å²) in [6, 6.07) is 0. The molecule has 3 N–H and O–H groups in total. The van der Waals surface area contributed by atoms with E-state index in [0.717, 1.165) is 0 Å². The molecule has 0 aliphatic rings. The molecule has 0 spiro atoms. The number of carbonyl (C=O) groups excluding carboxylic acids is 3. The Morgan fingerprint density at radius 2 is 0.500 bits per heavy atom. The highest BCUT2D eigenvalue weighted by Crippen LogP contribution is 2.40. The van der Waals surface area contributed by atoms with Crippen molar-refractivity contribution >= 4 is 25.2 Å². The van der Waals surface area contributed by atoms with Crippen molar-refractivity contribution in [1.82, 2.24) is 0 Å². The number of carbonyl (C=O) groups is 3. The fourth-order valence-electron chi connectivity index (χ4n) is 6.55. The van der Waals surface area contributed by atoms with E-state index >= 15 is 0 Å². The van der Waals surface area contributed by atoms with E-state index in [1.54, 1.807) is 0 Å². The molecule has 0 rings (SSSR count). The summed E-state index contributed by atoms with van der Waals surface area (Å²) in [7, 11) is -2.28. The number of rotatable bonds is 12. The zero-order valence-electron chi connectivity index (χ0n) is 32.6. The second kappa shape index (κ2) is 14.5. The zero-order chi connectivity index (χ0) is 37.2. The third kappa shape index (κ3) is 17.5. The summed E-state index contributed by atoms with van der Waals surface area (Å²) in [5, 5.41) is 35.2. The molecule has 46 heavy (non-hydrogen) atoms. The molecule has 0 heterocycles. The normalized spacial score (nSPS) is 14.5. The van der Waals surface area contributed by atoms with E-state index in [0.29, 0.717) is 0 Å². The Bertz CT molecular complexity index is 857. The van der Waals surface area contributed by atoms with Crippen LogP contribution in [0, 0.1) is 32.5 Å². The molecule has 0 fully saturated rings. The summed E-state index contributed by atoms with van der Waals surface area (Å²) in [6.45, 7) is 33.6. The molecule has 0 bridgehead atoms. The molecule has 0 aliphatic carbocycles. The SMILES string of the molecule is CC(C)(C)CC(O)(CC(C)(C)C)C(=O)OB(OC(=O)C(O)(CC(C)(C)C)CC(C)(C)C)OC(=O)C(O)(CC(C)(C)C)CC(C)(C)C. The van der Waals surface area contributed by atoms with Gasteiger partial charge in [0.15, 0.2) is 16.8 Å². The molecule has 0 saturated heterocycles. The second-order valence-electron chi connectivity index (χ2n) is 21.0. The highest BCUT2D eigenvalue weighted by Gasteiger charge is 2.54. The van der Waals surface area contributed by atoms with Gasteiger partial charge in [-0.25, -0.2) is 0 Å². The molecule has 0 aromatic heterocycles. The smallest absolute Gasteiger partial charge is 0.460 e. The van der Waals surface area contributed by atoms with Crippen LogP contribution in [0.2, 0.25) is 0 Å². The van der Waals surface area contributed by atoms with Gasteiger partial charge in [0, 0.05) is 0 Å². The lowest BCUT2D eigenvalue weighted by atomic mass is 9.73. The van der Waals surface area contributed by atoms with E-state index in [1.165, 1.54) is 0 Å². The predicted octanol–water partition coefficient (Wildman–Crippen LogP) is 7.41. The Labute approximate surface area is 281 Å². The first kappa shape index (κ1) is 44.4. The fourth-order valence-corrected chi connectivity index (χ4v) is 6.55. The van der Waals surface area contributed by atoms with Crippen molar-refractivity contribution in [3.8, 4) is 0 Å². The lowest BCUT2D eigenvalue weighted by Crippen LogP contribution is -2.54. The number of hydrogen-bond acceptors (Lipinski definition) is 9. The summed E-state index contributed by atoms with van der Waals surface area (Å²) in [6.07, 6.45) is 0.00409. The van der Waals surface area contributed by atoms with Gasteiger partial charge in [0.2, 0.25) is 0 Å². The van der Waals surface area contributed by atoms with Crippen LogP contribution in [0.3, 0.4) is 0 Å². The molecule has 10 heteroatoms. The van der Waals surface area contributed by atoms with Gasteiger partial charge in [0.1, 0.15) is 0 Å². The minimum absolute atomic E-state index is 0.000682. The van der Waals surface area contributed by atoms with Crippen molar-refractivity contribution in [2.75, 3.05) is 0 Å². The van der Waals surface area contributed by atoms with Crippen molar-refractivity contribution in [2.45, 2.75) is 180 Å². The van der Waals surface area contributed by atoms with Crippen LogP contribution in [-0.2, 0) is 28.3 Å². The molecule has 0 radical (unpaired) electrons. The fraction of sp³-hybridized carbons (Fsp3) is 0.917. The van der Waals surface area contributed by atoms with Gasteiger partial charge >= 0.3 is 25.2 Å². The molecule has 9 nitrogen and oxygen atoms in total. The third-order valence-electron chi connectivity index (χ3n) is 6.69. The summed E-state index contributed by atoms with van der Waals surface area (Å²) in [4.78, 5) is 41.5. The van der Waals surface area contributed by atoms with Crippen LogP contribution in [0.1, 0.15) is 163 Å². The molecular weight excluding hydrogens is 587 g/mol. The van der Waals surface area contributed by atoms with Gasteiger partial charge in [0.25, 0.3) is 0 Å². The molecule has 0 atom stereocenters. The van der Waals surface area contributed by atoms with E-state index in [2.05, 4.69) is 0 Å². The van der Waals surface area contributed by atoms with E-state index < -0.39 is 74.5 Å². The average Bonchev–Trinajstić information content (AvgIpc) is 2.64. The minimum atomic E-state index is -2.28. The largest absolute Gasteiger partial charge is 0.870 e. The van der Waals surface area contributed by atoms with Crippen LogP contribution < -0.4 is 0 Å². The monoisotopic (exact) mass is 657 g/mol. The van der Waals surface area contributed by atoms with E-state index in [4.69, 9.17) is 14.0 Å². The average molecular weight is 657 g/mol. The van der Waals surface area contributed by atoms with Gasteiger partial charge in [0.05, 0.1) is 0 Å². The van der Waals surface area contributed by atoms with Gasteiger partial charge in [-0.3, -0.25) is 14.4 Å². The van der Waals surface area contributed by atoms with Crippen LogP contribution in [0.15, 0.2) is 0 Å². The van der Waals surface area contributed by atoms with Crippen molar-refractivity contribution in [1.29, 1.82) is 0 Å². The first-order valence-corrected chi connectivity index (χ1v) is 16.6. The van der Waals surface area contributed by atoms with Gasteiger partial charge in [-0.2, -0.15) is 0 Å². The summed E-state index contributed by atoms with van der Waals surface area (Å²) in [5.41, 5.74) is -9.18. The molecule has 0 saturated carbocycles. The first-order chi connectivity index (χ1) is 19.8. The Morgan fingerprint density at radius 1 is 0.370 bits per heavy atom.